The molecule has 0 saturated heterocycles. The minimum Gasteiger partial charge on any atom is -0.497 e. The fourth-order valence-corrected chi connectivity index (χ4v) is 2.34. The van der Waals surface area contributed by atoms with Gasteiger partial charge < -0.3 is 20.4 Å². The fourth-order valence-electron chi connectivity index (χ4n) is 2.15. The standard InChI is InChI=1S/C16H16N4OS/c1-21-13-4-2-3-11(7-13)9-17-16(22)20-12-5-6-14-15(8-12)19-10-18-14/h2-8,10H,9H2,1H3,(H,18,19)(H2,17,20,22). The van der Waals surface area contributed by atoms with Crippen LogP contribution in [-0.2, 0) is 6.54 Å². The maximum absolute atomic E-state index is 5.32. The van der Waals surface area contributed by atoms with Crippen LogP contribution in [0.15, 0.2) is 48.8 Å². The fraction of sp³-hybridized carbons (Fsp3) is 0.125. The number of rotatable bonds is 4. The van der Waals surface area contributed by atoms with Gasteiger partial charge in [-0.3, -0.25) is 0 Å². The van der Waals surface area contributed by atoms with E-state index in [-0.39, 0.29) is 0 Å². The average molecular weight is 312 g/mol. The Bertz CT molecular complexity index is 799. The lowest BCUT2D eigenvalue weighted by Gasteiger charge is -2.11. The number of thiocarbonyl (C=S) groups is 1. The normalized spacial score (nSPS) is 10.4. The first-order chi connectivity index (χ1) is 10.7. The molecule has 0 aliphatic rings. The summed E-state index contributed by atoms with van der Waals surface area (Å²) in [6, 6.07) is 13.7. The first-order valence-electron chi connectivity index (χ1n) is 6.85. The molecule has 0 radical (unpaired) electrons. The Kier molecular flexibility index (Phi) is 4.20. The molecule has 0 atom stereocenters. The molecular formula is C16H16N4OS. The molecule has 3 rings (SSSR count). The van der Waals surface area contributed by atoms with E-state index < -0.39 is 0 Å². The molecule has 22 heavy (non-hydrogen) atoms. The van der Waals surface area contributed by atoms with Crippen LogP contribution in [0.3, 0.4) is 0 Å². The summed E-state index contributed by atoms with van der Waals surface area (Å²) >= 11 is 5.32. The van der Waals surface area contributed by atoms with E-state index >= 15 is 0 Å². The van der Waals surface area contributed by atoms with Crippen LogP contribution < -0.4 is 15.4 Å². The van der Waals surface area contributed by atoms with Crippen molar-refractivity contribution in [1.82, 2.24) is 15.3 Å². The summed E-state index contributed by atoms with van der Waals surface area (Å²) in [6.45, 7) is 0.634. The molecule has 0 saturated carbocycles. The quantitative estimate of drug-likeness (QED) is 0.646. The molecule has 0 fully saturated rings. The molecular weight excluding hydrogens is 296 g/mol. The first kappa shape index (κ1) is 14.3. The van der Waals surface area contributed by atoms with Gasteiger partial charge in [-0.1, -0.05) is 12.1 Å². The summed E-state index contributed by atoms with van der Waals surface area (Å²) in [7, 11) is 1.66. The summed E-state index contributed by atoms with van der Waals surface area (Å²) < 4.78 is 5.20. The number of aromatic amines is 1. The van der Waals surface area contributed by atoms with E-state index in [9.17, 15) is 0 Å². The van der Waals surface area contributed by atoms with Gasteiger partial charge in [0.2, 0.25) is 0 Å². The van der Waals surface area contributed by atoms with Crippen molar-refractivity contribution in [3.63, 3.8) is 0 Å². The van der Waals surface area contributed by atoms with E-state index in [1.165, 1.54) is 0 Å². The van der Waals surface area contributed by atoms with Crippen molar-refractivity contribution in [3.8, 4) is 5.75 Å². The molecule has 6 heteroatoms. The lowest BCUT2D eigenvalue weighted by atomic mass is 10.2. The number of benzene rings is 2. The second-order valence-electron chi connectivity index (χ2n) is 4.79. The molecule has 1 heterocycles. The van der Waals surface area contributed by atoms with Gasteiger partial charge in [-0.15, -0.1) is 0 Å². The van der Waals surface area contributed by atoms with Crippen LogP contribution in [-0.4, -0.2) is 22.2 Å². The van der Waals surface area contributed by atoms with Gasteiger partial charge in [0, 0.05) is 12.2 Å². The third-order valence-corrected chi connectivity index (χ3v) is 3.51. The maximum Gasteiger partial charge on any atom is 0.171 e. The number of hydrogen-bond acceptors (Lipinski definition) is 3. The SMILES string of the molecule is COc1cccc(CNC(=S)Nc2ccc3nc[nH]c3c2)c1. The van der Waals surface area contributed by atoms with Crippen molar-refractivity contribution >= 4 is 34.1 Å². The molecule has 112 valence electrons. The van der Waals surface area contributed by atoms with Crippen molar-refractivity contribution in [2.45, 2.75) is 6.54 Å². The van der Waals surface area contributed by atoms with Crippen LogP contribution in [0.4, 0.5) is 5.69 Å². The summed E-state index contributed by atoms with van der Waals surface area (Å²) in [5.41, 5.74) is 3.92. The van der Waals surface area contributed by atoms with Gasteiger partial charge in [-0.05, 0) is 48.1 Å². The summed E-state index contributed by atoms with van der Waals surface area (Å²) in [5.74, 6) is 0.836. The maximum atomic E-state index is 5.32. The Morgan fingerprint density at radius 2 is 2.18 bits per heavy atom. The largest absolute Gasteiger partial charge is 0.497 e. The number of imidazole rings is 1. The Morgan fingerprint density at radius 1 is 1.27 bits per heavy atom. The zero-order valence-corrected chi connectivity index (χ0v) is 12.9. The van der Waals surface area contributed by atoms with Crippen molar-refractivity contribution in [3.05, 3.63) is 54.4 Å². The minimum absolute atomic E-state index is 0.571. The van der Waals surface area contributed by atoms with Gasteiger partial charge >= 0.3 is 0 Å². The lowest BCUT2D eigenvalue weighted by molar-refractivity contribution is 0.414. The monoisotopic (exact) mass is 312 g/mol. The smallest absolute Gasteiger partial charge is 0.171 e. The molecule has 0 bridgehead atoms. The number of aromatic nitrogens is 2. The number of anilines is 1. The van der Waals surface area contributed by atoms with E-state index in [0.717, 1.165) is 28.0 Å². The third kappa shape index (κ3) is 3.35. The van der Waals surface area contributed by atoms with Crippen molar-refractivity contribution in [2.75, 3.05) is 12.4 Å². The number of nitrogens with one attached hydrogen (secondary N) is 3. The van der Waals surface area contributed by atoms with E-state index in [2.05, 4.69) is 20.6 Å². The second kappa shape index (κ2) is 6.44. The highest BCUT2D eigenvalue weighted by Gasteiger charge is 2.02. The van der Waals surface area contributed by atoms with Crippen LogP contribution in [0, 0.1) is 0 Å². The van der Waals surface area contributed by atoms with Crippen LogP contribution in [0.1, 0.15) is 5.56 Å². The highest BCUT2D eigenvalue weighted by molar-refractivity contribution is 7.80. The molecule has 1 aromatic heterocycles. The molecule has 3 aromatic rings. The van der Waals surface area contributed by atoms with Crippen molar-refractivity contribution < 1.29 is 4.74 Å². The predicted molar refractivity (Wildman–Crippen MR) is 92.1 cm³/mol. The van der Waals surface area contributed by atoms with Gasteiger partial charge in [0.05, 0.1) is 24.5 Å². The highest BCUT2D eigenvalue weighted by atomic mass is 32.1. The molecule has 0 amide bonds. The van der Waals surface area contributed by atoms with Crippen LogP contribution >= 0.6 is 12.2 Å². The number of H-pyrrole nitrogens is 1. The van der Waals surface area contributed by atoms with E-state index in [1.54, 1.807) is 13.4 Å². The molecule has 5 nitrogen and oxygen atoms in total. The van der Waals surface area contributed by atoms with Gasteiger partial charge in [0.25, 0.3) is 0 Å². The Morgan fingerprint density at radius 3 is 3.05 bits per heavy atom. The highest BCUT2D eigenvalue weighted by Crippen LogP contribution is 2.16. The average Bonchev–Trinajstić information content (AvgIpc) is 3.01. The number of nitrogens with zero attached hydrogens (tertiary/aromatic N) is 1. The summed E-state index contributed by atoms with van der Waals surface area (Å²) in [4.78, 5) is 7.26. The number of ether oxygens (including phenoxy) is 1. The van der Waals surface area contributed by atoms with Crippen LogP contribution in [0.5, 0.6) is 5.75 Å². The molecule has 0 aliphatic carbocycles. The molecule has 2 aromatic carbocycles. The molecule has 0 aliphatic heterocycles. The molecule has 3 N–H and O–H groups in total. The van der Waals surface area contributed by atoms with Crippen molar-refractivity contribution in [1.29, 1.82) is 0 Å². The van der Waals surface area contributed by atoms with Gasteiger partial charge in [0.15, 0.2) is 5.11 Å². The topological polar surface area (TPSA) is 62.0 Å². The van der Waals surface area contributed by atoms with Gasteiger partial charge in [-0.25, -0.2) is 4.98 Å². The third-order valence-electron chi connectivity index (χ3n) is 3.27. The number of methoxy groups -OCH3 is 1. The first-order valence-corrected chi connectivity index (χ1v) is 7.26. The minimum atomic E-state index is 0.571. The van der Waals surface area contributed by atoms with Crippen LogP contribution in [0.2, 0.25) is 0 Å². The number of fused-ring (bicyclic) bond motifs is 1. The van der Waals surface area contributed by atoms with E-state index in [1.807, 2.05) is 42.5 Å². The predicted octanol–water partition coefficient (Wildman–Crippen LogP) is 3.06. The van der Waals surface area contributed by atoms with Crippen LogP contribution in [0.25, 0.3) is 11.0 Å². The zero-order valence-electron chi connectivity index (χ0n) is 12.1. The Balaban J connectivity index is 1.59. The van der Waals surface area contributed by atoms with Crippen molar-refractivity contribution in [2.24, 2.45) is 0 Å². The van der Waals surface area contributed by atoms with Gasteiger partial charge in [-0.2, -0.15) is 0 Å². The summed E-state index contributed by atoms with van der Waals surface area (Å²) in [6.07, 6.45) is 1.67. The van der Waals surface area contributed by atoms with E-state index in [0.29, 0.717) is 11.7 Å². The van der Waals surface area contributed by atoms with Gasteiger partial charge in [0.1, 0.15) is 5.75 Å². The Labute approximate surface area is 133 Å². The lowest BCUT2D eigenvalue weighted by Crippen LogP contribution is -2.27. The summed E-state index contributed by atoms with van der Waals surface area (Å²) in [5, 5.41) is 6.91. The number of hydrogen-bond donors (Lipinski definition) is 3. The molecule has 0 unspecified atom stereocenters. The van der Waals surface area contributed by atoms with E-state index in [4.69, 9.17) is 17.0 Å². The second-order valence-corrected chi connectivity index (χ2v) is 5.20. The zero-order chi connectivity index (χ0) is 15.4. The Hall–Kier alpha value is -2.60. The molecule has 0 spiro atoms.